The molecule has 0 bridgehead atoms. The van der Waals surface area contributed by atoms with Crippen molar-refractivity contribution in [1.29, 1.82) is 0 Å². The molecule has 0 radical (unpaired) electrons. The highest BCUT2D eigenvalue weighted by Crippen LogP contribution is 2.42. The maximum absolute atomic E-state index is 6.09. The van der Waals surface area contributed by atoms with Gasteiger partial charge < -0.3 is 4.74 Å². The maximum Gasteiger partial charge on any atom is 0.145 e. The molecule has 0 unspecified atom stereocenters. The largest absolute Gasteiger partial charge is 0.350 e. The second kappa shape index (κ2) is 4.81. The molecular weight excluding hydrogens is 244 g/mol. The van der Waals surface area contributed by atoms with Crippen molar-refractivity contribution < 1.29 is 4.74 Å². The third-order valence-corrected chi connectivity index (χ3v) is 3.70. The van der Waals surface area contributed by atoms with E-state index in [-0.39, 0.29) is 11.7 Å². The summed E-state index contributed by atoms with van der Waals surface area (Å²) in [6.45, 7) is 6.27. The van der Waals surface area contributed by atoms with Crippen LogP contribution in [0.5, 0.6) is 0 Å². The number of hydrogen-bond acceptors (Lipinski definition) is 1. The van der Waals surface area contributed by atoms with Crippen LogP contribution in [0.15, 0.2) is 48.5 Å². The first-order chi connectivity index (χ1) is 9.56. The smallest absolute Gasteiger partial charge is 0.145 e. The zero-order chi connectivity index (χ0) is 14.2. The van der Waals surface area contributed by atoms with Gasteiger partial charge in [-0.05, 0) is 44.0 Å². The standard InChI is InChI=1S/C19H18O/c1-14-8-10-15(11-9-14)12-13-18-16-6-4-5-7-17(16)19(2,3)20-18/h4-11,18H,1-3H3/t18-/m0/s1. The van der Waals surface area contributed by atoms with E-state index in [4.69, 9.17) is 4.74 Å². The van der Waals surface area contributed by atoms with Crippen molar-refractivity contribution in [3.8, 4) is 11.8 Å². The van der Waals surface area contributed by atoms with Crippen LogP contribution in [0.4, 0.5) is 0 Å². The Morgan fingerprint density at radius 1 is 1.00 bits per heavy atom. The van der Waals surface area contributed by atoms with Crippen molar-refractivity contribution in [2.24, 2.45) is 0 Å². The molecule has 0 saturated heterocycles. The molecule has 1 heteroatoms. The highest BCUT2D eigenvalue weighted by Gasteiger charge is 2.36. The van der Waals surface area contributed by atoms with Crippen molar-refractivity contribution in [3.63, 3.8) is 0 Å². The van der Waals surface area contributed by atoms with Crippen LogP contribution in [0.3, 0.4) is 0 Å². The van der Waals surface area contributed by atoms with Gasteiger partial charge in [0.2, 0.25) is 0 Å². The van der Waals surface area contributed by atoms with E-state index in [1.54, 1.807) is 0 Å². The summed E-state index contributed by atoms with van der Waals surface area (Å²) in [6, 6.07) is 16.6. The number of ether oxygens (including phenoxy) is 1. The summed E-state index contributed by atoms with van der Waals surface area (Å²) >= 11 is 0. The fourth-order valence-corrected chi connectivity index (χ4v) is 2.59. The fourth-order valence-electron chi connectivity index (χ4n) is 2.59. The Hall–Kier alpha value is -2.04. The molecular formula is C19H18O. The van der Waals surface area contributed by atoms with E-state index < -0.39 is 0 Å². The normalized spacial score (nSPS) is 19.1. The average Bonchev–Trinajstić information content (AvgIpc) is 2.70. The molecule has 0 spiro atoms. The monoisotopic (exact) mass is 262 g/mol. The first-order valence-corrected chi connectivity index (χ1v) is 6.92. The molecule has 1 aliphatic rings. The molecule has 0 aromatic heterocycles. The van der Waals surface area contributed by atoms with E-state index in [2.05, 4.69) is 62.9 Å². The summed E-state index contributed by atoms with van der Waals surface area (Å²) in [7, 11) is 0. The summed E-state index contributed by atoms with van der Waals surface area (Å²) < 4.78 is 6.09. The molecule has 1 aliphatic heterocycles. The Morgan fingerprint density at radius 2 is 1.70 bits per heavy atom. The predicted molar refractivity (Wildman–Crippen MR) is 81.4 cm³/mol. The van der Waals surface area contributed by atoms with E-state index in [0.717, 1.165) is 5.56 Å². The third kappa shape index (κ3) is 2.35. The molecule has 2 aromatic carbocycles. The lowest BCUT2D eigenvalue weighted by Crippen LogP contribution is -2.15. The minimum absolute atomic E-state index is 0.137. The van der Waals surface area contributed by atoms with Crippen LogP contribution in [0.1, 0.15) is 42.2 Å². The first kappa shape index (κ1) is 13.0. The molecule has 3 rings (SSSR count). The summed E-state index contributed by atoms with van der Waals surface area (Å²) in [5.41, 5.74) is 4.45. The van der Waals surface area contributed by atoms with E-state index in [1.165, 1.54) is 16.7 Å². The Balaban J connectivity index is 1.92. The molecule has 1 atom stereocenters. The van der Waals surface area contributed by atoms with Crippen molar-refractivity contribution in [1.82, 2.24) is 0 Å². The van der Waals surface area contributed by atoms with Gasteiger partial charge in [-0.1, -0.05) is 53.8 Å². The van der Waals surface area contributed by atoms with E-state index in [1.807, 2.05) is 18.2 Å². The number of benzene rings is 2. The van der Waals surface area contributed by atoms with E-state index in [9.17, 15) is 0 Å². The molecule has 1 heterocycles. The molecule has 0 saturated carbocycles. The second-order valence-electron chi connectivity index (χ2n) is 5.73. The van der Waals surface area contributed by atoms with Gasteiger partial charge in [-0.25, -0.2) is 0 Å². The fraction of sp³-hybridized carbons (Fsp3) is 0.263. The van der Waals surface area contributed by atoms with Gasteiger partial charge in [0.1, 0.15) is 6.10 Å². The van der Waals surface area contributed by atoms with Crippen LogP contribution >= 0.6 is 0 Å². The topological polar surface area (TPSA) is 9.23 Å². The van der Waals surface area contributed by atoms with Gasteiger partial charge in [0, 0.05) is 5.56 Å². The van der Waals surface area contributed by atoms with Crippen LogP contribution in [-0.2, 0) is 10.3 Å². The minimum atomic E-state index is -0.261. The Labute approximate surface area is 120 Å². The highest BCUT2D eigenvalue weighted by molar-refractivity contribution is 5.44. The zero-order valence-corrected chi connectivity index (χ0v) is 12.1. The Morgan fingerprint density at radius 3 is 2.45 bits per heavy atom. The van der Waals surface area contributed by atoms with Gasteiger partial charge in [-0.15, -0.1) is 0 Å². The molecule has 1 nitrogen and oxygen atoms in total. The summed E-state index contributed by atoms with van der Waals surface area (Å²) in [5.74, 6) is 6.47. The van der Waals surface area contributed by atoms with Gasteiger partial charge in [-0.3, -0.25) is 0 Å². The predicted octanol–water partition coefficient (Wildman–Crippen LogP) is 4.35. The quantitative estimate of drug-likeness (QED) is 0.641. The van der Waals surface area contributed by atoms with Gasteiger partial charge in [-0.2, -0.15) is 0 Å². The zero-order valence-electron chi connectivity index (χ0n) is 12.1. The molecule has 20 heavy (non-hydrogen) atoms. The van der Waals surface area contributed by atoms with Crippen molar-refractivity contribution in [2.75, 3.05) is 0 Å². The highest BCUT2D eigenvalue weighted by atomic mass is 16.5. The number of fused-ring (bicyclic) bond motifs is 1. The molecule has 0 aliphatic carbocycles. The number of rotatable bonds is 0. The van der Waals surface area contributed by atoms with Gasteiger partial charge >= 0.3 is 0 Å². The van der Waals surface area contributed by atoms with Crippen LogP contribution in [0.2, 0.25) is 0 Å². The molecule has 0 amide bonds. The van der Waals surface area contributed by atoms with Crippen molar-refractivity contribution in [3.05, 3.63) is 70.8 Å². The first-order valence-electron chi connectivity index (χ1n) is 6.92. The Kier molecular flexibility index (Phi) is 3.12. The maximum atomic E-state index is 6.09. The molecule has 0 N–H and O–H groups in total. The number of hydrogen-bond donors (Lipinski definition) is 0. The van der Waals surface area contributed by atoms with E-state index >= 15 is 0 Å². The minimum Gasteiger partial charge on any atom is -0.350 e. The second-order valence-corrected chi connectivity index (χ2v) is 5.73. The van der Waals surface area contributed by atoms with Crippen LogP contribution in [-0.4, -0.2) is 0 Å². The summed E-state index contributed by atoms with van der Waals surface area (Å²) in [6.07, 6.45) is -0.137. The molecule has 2 aromatic rings. The van der Waals surface area contributed by atoms with Crippen molar-refractivity contribution in [2.45, 2.75) is 32.5 Å². The SMILES string of the molecule is Cc1ccc(C#C[C@@H]2OC(C)(C)c3ccccc32)cc1. The molecule has 100 valence electrons. The van der Waals surface area contributed by atoms with E-state index in [0.29, 0.717) is 0 Å². The summed E-state index contributed by atoms with van der Waals surface area (Å²) in [5, 5.41) is 0. The van der Waals surface area contributed by atoms with Gasteiger partial charge in [0.15, 0.2) is 0 Å². The Bertz CT molecular complexity index is 684. The van der Waals surface area contributed by atoms with Crippen LogP contribution in [0.25, 0.3) is 0 Å². The lowest BCUT2D eigenvalue weighted by atomic mass is 9.95. The van der Waals surface area contributed by atoms with Crippen molar-refractivity contribution >= 4 is 0 Å². The summed E-state index contributed by atoms with van der Waals surface area (Å²) in [4.78, 5) is 0. The lowest BCUT2D eigenvalue weighted by molar-refractivity contribution is -0.0267. The van der Waals surface area contributed by atoms with Gasteiger partial charge in [0.25, 0.3) is 0 Å². The van der Waals surface area contributed by atoms with Crippen LogP contribution in [0, 0.1) is 18.8 Å². The van der Waals surface area contributed by atoms with Crippen LogP contribution < -0.4 is 0 Å². The third-order valence-electron chi connectivity index (χ3n) is 3.70. The number of aryl methyl sites for hydroxylation is 1. The average molecular weight is 262 g/mol. The molecule has 0 fully saturated rings. The van der Waals surface area contributed by atoms with Gasteiger partial charge in [0.05, 0.1) is 5.60 Å². The lowest BCUT2D eigenvalue weighted by Gasteiger charge is -2.18.